The number of amides is 1. The molecule has 3 heterocycles. The van der Waals surface area contributed by atoms with E-state index in [-0.39, 0.29) is 23.1 Å². The van der Waals surface area contributed by atoms with E-state index in [4.69, 9.17) is 9.47 Å². The largest absolute Gasteiger partial charge is 0.347 e. The minimum Gasteiger partial charge on any atom is -0.347 e. The summed E-state index contributed by atoms with van der Waals surface area (Å²) in [6.45, 7) is 2.16. The Hall–Kier alpha value is -2.65. The molecule has 2 fully saturated rings. The Morgan fingerprint density at radius 1 is 1.07 bits per heavy atom. The molecule has 2 aromatic rings. The van der Waals surface area contributed by atoms with Crippen LogP contribution in [0.4, 0.5) is 20.3 Å². The normalized spacial score (nSPS) is 18.7. The molecule has 0 unspecified atom stereocenters. The summed E-state index contributed by atoms with van der Waals surface area (Å²) in [6, 6.07) is 3.54. The molecule has 0 radical (unpaired) electrons. The maximum atomic E-state index is 13.7. The molecule has 4 rings (SSSR count). The Balaban J connectivity index is 1.41. The number of ether oxygens (including phenoxy) is 2. The highest BCUT2D eigenvalue weighted by Gasteiger charge is 2.41. The standard InChI is InChI=1S/C18H18F2N4O3/c19-12-2-1-3-13(20)16(12)23-15-11-21-14(10-22-15)17(25)24-6-4-18(5-7-24)26-8-9-27-18/h1-3,10-11H,4-9H2,(H,22,23). The van der Waals surface area contributed by atoms with Crippen molar-refractivity contribution in [3.63, 3.8) is 0 Å². The highest BCUT2D eigenvalue weighted by Crippen LogP contribution is 2.31. The van der Waals surface area contributed by atoms with Crippen LogP contribution >= 0.6 is 0 Å². The van der Waals surface area contributed by atoms with Crippen molar-refractivity contribution in [2.75, 3.05) is 31.6 Å². The predicted octanol–water partition coefficient (Wildman–Crippen LogP) is 2.48. The van der Waals surface area contributed by atoms with Crippen LogP contribution in [0.2, 0.25) is 0 Å². The molecule has 0 aliphatic carbocycles. The summed E-state index contributed by atoms with van der Waals surface area (Å²) in [7, 11) is 0. The molecule has 1 spiro atoms. The van der Waals surface area contributed by atoms with Gasteiger partial charge >= 0.3 is 0 Å². The van der Waals surface area contributed by atoms with Crippen molar-refractivity contribution in [1.82, 2.24) is 14.9 Å². The van der Waals surface area contributed by atoms with Crippen LogP contribution in [0.3, 0.4) is 0 Å². The lowest BCUT2D eigenvalue weighted by Gasteiger charge is -2.37. The number of nitrogens with zero attached hydrogens (tertiary/aromatic N) is 3. The number of rotatable bonds is 3. The first-order valence-electron chi connectivity index (χ1n) is 8.67. The highest BCUT2D eigenvalue weighted by molar-refractivity contribution is 5.92. The van der Waals surface area contributed by atoms with Crippen molar-refractivity contribution in [3.05, 3.63) is 47.9 Å². The second kappa shape index (κ2) is 7.16. The fourth-order valence-corrected chi connectivity index (χ4v) is 3.25. The quantitative estimate of drug-likeness (QED) is 0.887. The zero-order chi connectivity index (χ0) is 18.9. The molecule has 1 aromatic carbocycles. The summed E-state index contributed by atoms with van der Waals surface area (Å²) in [6.07, 6.45) is 3.78. The molecule has 2 aliphatic rings. The number of carbonyl (C=O) groups is 1. The van der Waals surface area contributed by atoms with E-state index in [0.717, 1.165) is 12.1 Å². The molecule has 0 atom stereocenters. The number of nitrogens with one attached hydrogen (secondary N) is 1. The van der Waals surface area contributed by atoms with Crippen LogP contribution in [0.1, 0.15) is 23.3 Å². The number of carbonyl (C=O) groups excluding carboxylic acids is 1. The fraction of sp³-hybridized carbons (Fsp3) is 0.389. The number of aromatic nitrogens is 2. The molecule has 142 valence electrons. The van der Waals surface area contributed by atoms with E-state index < -0.39 is 17.4 Å². The lowest BCUT2D eigenvalue weighted by molar-refractivity contribution is -0.181. The van der Waals surface area contributed by atoms with Gasteiger partial charge < -0.3 is 19.7 Å². The molecule has 0 saturated carbocycles. The highest BCUT2D eigenvalue weighted by atomic mass is 19.1. The zero-order valence-corrected chi connectivity index (χ0v) is 14.5. The molecule has 1 aromatic heterocycles. The predicted molar refractivity (Wildman–Crippen MR) is 91.4 cm³/mol. The second-order valence-electron chi connectivity index (χ2n) is 6.41. The van der Waals surface area contributed by atoms with Gasteiger partial charge in [-0.1, -0.05) is 6.07 Å². The third kappa shape index (κ3) is 3.60. The van der Waals surface area contributed by atoms with Crippen LogP contribution in [0.25, 0.3) is 0 Å². The number of piperidine rings is 1. The maximum Gasteiger partial charge on any atom is 0.274 e. The monoisotopic (exact) mass is 376 g/mol. The van der Waals surface area contributed by atoms with Crippen molar-refractivity contribution in [1.29, 1.82) is 0 Å². The van der Waals surface area contributed by atoms with E-state index in [0.29, 0.717) is 39.1 Å². The van der Waals surface area contributed by atoms with E-state index in [1.807, 2.05) is 0 Å². The smallest absolute Gasteiger partial charge is 0.274 e. The van der Waals surface area contributed by atoms with Crippen LogP contribution in [0.5, 0.6) is 0 Å². The van der Waals surface area contributed by atoms with Gasteiger partial charge in [0.2, 0.25) is 0 Å². The van der Waals surface area contributed by atoms with Gasteiger partial charge in [0.25, 0.3) is 5.91 Å². The van der Waals surface area contributed by atoms with Crippen LogP contribution in [-0.4, -0.2) is 52.9 Å². The summed E-state index contributed by atoms with van der Waals surface area (Å²) in [5.41, 5.74) is -0.150. The first-order chi connectivity index (χ1) is 13.1. The SMILES string of the molecule is O=C(c1cnc(Nc2c(F)cccc2F)cn1)N1CCC2(CC1)OCCO2. The van der Waals surface area contributed by atoms with Crippen molar-refractivity contribution >= 4 is 17.4 Å². The van der Waals surface area contributed by atoms with Crippen molar-refractivity contribution < 1.29 is 23.0 Å². The van der Waals surface area contributed by atoms with Gasteiger partial charge in [0, 0.05) is 25.9 Å². The molecule has 2 saturated heterocycles. The Labute approximate surface area is 154 Å². The minimum absolute atomic E-state index is 0.140. The Bertz CT molecular complexity index is 811. The summed E-state index contributed by atoms with van der Waals surface area (Å²) in [5.74, 6) is -2.15. The number of anilines is 2. The maximum absolute atomic E-state index is 13.7. The number of hydrogen-bond donors (Lipinski definition) is 1. The van der Waals surface area contributed by atoms with Crippen molar-refractivity contribution in [2.45, 2.75) is 18.6 Å². The lowest BCUT2D eigenvalue weighted by atomic mass is 10.0. The van der Waals surface area contributed by atoms with Gasteiger partial charge in [-0.15, -0.1) is 0 Å². The van der Waals surface area contributed by atoms with Crippen LogP contribution in [-0.2, 0) is 9.47 Å². The summed E-state index contributed by atoms with van der Waals surface area (Å²) in [5, 5.41) is 2.54. The van der Waals surface area contributed by atoms with Gasteiger partial charge in [0.1, 0.15) is 28.8 Å². The van der Waals surface area contributed by atoms with E-state index >= 15 is 0 Å². The zero-order valence-electron chi connectivity index (χ0n) is 14.5. The topological polar surface area (TPSA) is 76.6 Å². The van der Waals surface area contributed by atoms with E-state index in [2.05, 4.69) is 15.3 Å². The molecule has 0 bridgehead atoms. The Kier molecular flexibility index (Phi) is 4.71. The lowest BCUT2D eigenvalue weighted by Crippen LogP contribution is -2.47. The average molecular weight is 376 g/mol. The Morgan fingerprint density at radius 2 is 1.74 bits per heavy atom. The van der Waals surface area contributed by atoms with E-state index in [1.54, 1.807) is 4.90 Å². The molecule has 2 aliphatic heterocycles. The molecule has 1 amide bonds. The van der Waals surface area contributed by atoms with Crippen molar-refractivity contribution in [3.8, 4) is 0 Å². The molecular weight excluding hydrogens is 358 g/mol. The Morgan fingerprint density at radius 3 is 2.33 bits per heavy atom. The minimum atomic E-state index is -0.740. The van der Waals surface area contributed by atoms with Gasteiger partial charge in [-0.3, -0.25) is 4.79 Å². The number of para-hydroxylation sites is 1. The first-order valence-corrected chi connectivity index (χ1v) is 8.67. The molecule has 7 nitrogen and oxygen atoms in total. The summed E-state index contributed by atoms with van der Waals surface area (Å²) < 4.78 is 38.7. The van der Waals surface area contributed by atoms with Crippen LogP contribution < -0.4 is 5.32 Å². The van der Waals surface area contributed by atoms with Gasteiger partial charge in [-0.05, 0) is 12.1 Å². The molecule has 1 N–H and O–H groups in total. The number of halogens is 2. The number of hydrogen-bond acceptors (Lipinski definition) is 6. The first kappa shape index (κ1) is 17.7. The fourth-order valence-electron chi connectivity index (χ4n) is 3.25. The van der Waals surface area contributed by atoms with Crippen molar-refractivity contribution in [2.24, 2.45) is 0 Å². The van der Waals surface area contributed by atoms with Crippen LogP contribution in [0.15, 0.2) is 30.6 Å². The van der Waals surface area contributed by atoms with E-state index in [1.165, 1.54) is 18.5 Å². The third-order valence-corrected chi connectivity index (χ3v) is 4.71. The third-order valence-electron chi connectivity index (χ3n) is 4.71. The van der Waals surface area contributed by atoms with Crippen LogP contribution in [0, 0.1) is 11.6 Å². The molecule has 27 heavy (non-hydrogen) atoms. The summed E-state index contributed by atoms with van der Waals surface area (Å²) in [4.78, 5) is 22.4. The average Bonchev–Trinajstić information content (AvgIpc) is 3.13. The number of likely N-dealkylation sites (tertiary alicyclic amines) is 1. The number of benzene rings is 1. The molecule has 9 heteroatoms. The van der Waals surface area contributed by atoms with E-state index in [9.17, 15) is 13.6 Å². The summed E-state index contributed by atoms with van der Waals surface area (Å²) >= 11 is 0. The van der Waals surface area contributed by atoms with Gasteiger partial charge in [0.05, 0.1) is 25.6 Å². The molecular formula is C18H18F2N4O3. The van der Waals surface area contributed by atoms with Gasteiger partial charge in [0.15, 0.2) is 5.79 Å². The van der Waals surface area contributed by atoms with Gasteiger partial charge in [-0.2, -0.15) is 0 Å². The van der Waals surface area contributed by atoms with Gasteiger partial charge in [-0.25, -0.2) is 18.7 Å². The second-order valence-corrected chi connectivity index (χ2v) is 6.41.